The van der Waals surface area contributed by atoms with Crippen molar-refractivity contribution in [3.8, 4) is 0 Å². The Balaban J connectivity index is 2.13. The van der Waals surface area contributed by atoms with Crippen molar-refractivity contribution in [3.63, 3.8) is 0 Å². The van der Waals surface area contributed by atoms with Crippen LogP contribution in [0.5, 0.6) is 0 Å². The highest BCUT2D eigenvalue weighted by Crippen LogP contribution is 2.44. The molecule has 0 aromatic heterocycles. The summed E-state index contributed by atoms with van der Waals surface area (Å²) in [5.74, 6) is 0.283. The first-order valence-corrected chi connectivity index (χ1v) is 8.63. The monoisotopic (exact) mass is 344 g/mol. The van der Waals surface area contributed by atoms with E-state index in [-0.39, 0.29) is 5.92 Å². The van der Waals surface area contributed by atoms with Gasteiger partial charge in [0.1, 0.15) is 5.78 Å². The first kappa shape index (κ1) is 16.3. The first-order chi connectivity index (χ1) is 11.1. The normalized spacial score (nSPS) is 17.6. The lowest BCUT2D eigenvalue weighted by Gasteiger charge is -2.15. The molecule has 0 N–H and O–H groups in total. The molecule has 118 valence electrons. The largest absolute Gasteiger partial charge is 0.299 e. The van der Waals surface area contributed by atoms with Crippen molar-refractivity contribution in [2.24, 2.45) is 5.92 Å². The third-order valence-electron chi connectivity index (χ3n) is 4.44. The summed E-state index contributed by atoms with van der Waals surface area (Å²) in [4.78, 5) is 12.4. The van der Waals surface area contributed by atoms with E-state index in [0.717, 1.165) is 34.6 Å². The molecule has 0 radical (unpaired) electrons. The van der Waals surface area contributed by atoms with E-state index in [4.69, 9.17) is 23.2 Å². The summed E-state index contributed by atoms with van der Waals surface area (Å²) in [5.41, 5.74) is 4.63. The van der Waals surface area contributed by atoms with Gasteiger partial charge in [0.25, 0.3) is 0 Å². The van der Waals surface area contributed by atoms with Gasteiger partial charge in [-0.3, -0.25) is 4.79 Å². The number of allylic oxidation sites excluding steroid dienone is 2. The van der Waals surface area contributed by atoms with Crippen LogP contribution in [0.25, 0.3) is 11.1 Å². The van der Waals surface area contributed by atoms with Gasteiger partial charge in [-0.05, 0) is 59.4 Å². The number of Topliss-reactive ketones (excluding diaryl/α,β-unsaturated/α-hetero) is 1. The average molecular weight is 345 g/mol. The Morgan fingerprint density at radius 1 is 0.957 bits per heavy atom. The fraction of sp³-hybridized carbons (Fsp3) is 0.250. The molecule has 0 spiro atoms. The first-order valence-electron chi connectivity index (χ1n) is 7.87. The molecule has 0 saturated heterocycles. The number of halogens is 2. The molecule has 0 bridgehead atoms. The van der Waals surface area contributed by atoms with Gasteiger partial charge < -0.3 is 0 Å². The number of hydrogen-bond donors (Lipinski definition) is 0. The zero-order valence-corrected chi connectivity index (χ0v) is 14.5. The van der Waals surface area contributed by atoms with Crippen molar-refractivity contribution in [2.75, 3.05) is 0 Å². The maximum absolute atomic E-state index is 12.4. The molecule has 0 heterocycles. The van der Waals surface area contributed by atoms with Crippen molar-refractivity contribution < 1.29 is 4.79 Å². The highest BCUT2D eigenvalue weighted by Gasteiger charge is 2.31. The number of ketones is 1. The minimum Gasteiger partial charge on any atom is -0.299 e. The van der Waals surface area contributed by atoms with Gasteiger partial charge in [0, 0.05) is 22.4 Å². The number of rotatable bonds is 4. The molecule has 1 aliphatic carbocycles. The van der Waals surface area contributed by atoms with Crippen molar-refractivity contribution in [1.29, 1.82) is 0 Å². The van der Waals surface area contributed by atoms with E-state index in [9.17, 15) is 4.79 Å². The van der Waals surface area contributed by atoms with Crippen LogP contribution in [-0.2, 0) is 4.79 Å². The summed E-state index contributed by atoms with van der Waals surface area (Å²) in [7, 11) is 0. The minimum atomic E-state index is -0.0214. The zero-order chi connectivity index (χ0) is 16.4. The molecule has 2 aromatic carbocycles. The molecule has 23 heavy (non-hydrogen) atoms. The molecular weight excluding hydrogens is 327 g/mol. The second kappa shape index (κ2) is 6.90. The SMILES string of the molecule is CCC(=O)C1CCC(c2ccc(Cl)cc2)=C1c1ccc(Cl)cc1. The van der Waals surface area contributed by atoms with E-state index < -0.39 is 0 Å². The Morgan fingerprint density at radius 3 is 2.00 bits per heavy atom. The second-order valence-electron chi connectivity index (χ2n) is 5.82. The van der Waals surface area contributed by atoms with Gasteiger partial charge in [0.2, 0.25) is 0 Å². The van der Waals surface area contributed by atoms with Crippen LogP contribution in [0, 0.1) is 5.92 Å². The maximum atomic E-state index is 12.4. The topological polar surface area (TPSA) is 17.1 Å². The zero-order valence-electron chi connectivity index (χ0n) is 13.0. The summed E-state index contributed by atoms with van der Waals surface area (Å²) < 4.78 is 0. The van der Waals surface area contributed by atoms with E-state index in [1.807, 2.05) is 55.5 Å². The third-order valence-corrected chi connectivity index (χ3v) is 4.95. The predicted octanol–water partition coefficient (Wildman–Crippen LogP) is 6.29. The molecule has 0 amide bonds. The van der Waals surface area contributed by atoms with Crippen molar-refractivity contribution in [1.82, 2.24) is 0 Å². The van der Waals surface area contributed by atoms with Gasteiger partial charge in [-0.15, -0.1) is 0 Å². The molecule has 0 aliphatic heterocycles. The Labute approximate surface area is 146 Å². The lowest BCUT2D eigenvalue weighted by atomic mass is 9.88. The molecule has 0 fully saturated rings. The fourth-order valence-electron chi connectivity index (χ4n) is 3.30. The summed E-state index contributed by atoms with van der Waals surface area (Å²) in [6.07, 6.45) is 2.36. The summed E-state index contributed by atoms with van der Waals surface area (Å²) in [6.45, 7) is 1.93. The van der Waals surface area contributed by atoms with Gasteiger partial charge in [-0.25, -0.2) is 0 Å². The van der Waals surface area contributed by atoms with Crippen molar-refractivity contribution in [3.05, 3.63) is 69.7 Å². The average Bonchev–Trinajstić information content (AvgIpc) is 3.00. The lowest BCUT2D eigenvalue weighted by molar-refractivity contribution is -0.120. The maximum Gasteiger partial charge on any atom is 0.140 e. The van der Waals surface area contributed by atoms with E-state index in [2.05, 4.69) is 0 Å². The Bertz CT molecular complexity index is 742. The van der Waals surface area contributed by atoms with Crippen LogP contribution in [0.4, 0.5) is 0 Å². The predicted molar refractivity (Wildman–Crippen MR) is 97.7 cm³/mol. The quantitative estimate of drug-likeness (QED) is 0.636. The molecule has 1 nitrogen and oxygen atoms in total. The van der Waals surface area contributed by atoms with Crippen molar-refractivity contribution >= 4 is 40.1 Å². The van der Waals surface area contributed by atoms with E-state index in [1.54, 1.807) is 0 Å². The van der Waals surface area contributed by atoms with E-state index in [0.29, 0.717) is 17.2 Å². The minimum absolute atomic E-state index is 0.0214. The van der Waals surface area contributed by atoms with E-state index in [1.165, 1.54) is 5.57 Å². The molecule has 1 aliphatic rings. The van der Waals surface area contributed by atoms with Crippen LogP contribution in [0.3, 0.4) is 0 Å². The van der Waals surface area contributed by atoms with Crippen LogP contribution in [0.2, 0.25) is 10.0 Å². The smallest absolute Gasteiger partial charge is 0.140 e. The number of hydrogen-bond acceptors (Lipinski definition) is 1. The van der Waals surface area contributed by atoms with Crippen LogP contribution in [-0.4, -0.2) is 5.78 Å². The fourth-order valence-corrected chi connectivity index (χ4v) is 3.55. The van der Waals surface area contributed by atoms with Crippen LogP contribution in [0.15, 0.2) is 48.5 Å². The highest BCUT2D eigenvalue weighted by molar-refractivity contribution is 6.31. The van der Waals surface area contributed by atoms with E-state index >= 15 is 0 Å². The lowest BCUT2D eigenvalue weighted by Crippen LogP contribution is -2.12. The van der Waals surface area contributed by atoms with Crippen LogP contribution >= 0.6 is 23.2 Å². The van der Waals surface area contributed by atoms with Gasteiger partial charge >= 0.3 is 0 Å². The second-order valence-corrected chi connectivity index (χ2v) is 6.69. The highest BCUT2D eigenvalue weighted by atomic mass is 35.5. The molecule has 3 rings (SSSR count). The van der Waals surface area contributed by atoms with Gasteiger partial charge in [-0.2, -0.15) is 0 Å². The summed E-state index contributed by atoms with van der Waals surface area (Å²) in [5, 5.41) is 1.43. The number of benzene rings is 2. The Hall–Kier alpha value is -1.57. The molecule has 3 heteroatoms. The molecule has 2 aromatic rings. The van der Waals surface area contributed by atoms with Crippen LogP contribution < -0.4 is 0 Å². The third kappa shape index (κ3) is 3.36. The van der Waals surface area contributed by atoms with Gasteiger partial charge in [0.15, 0.2) is 0 Å². The summed E-state index contributed by atoms with van der Waals surface area (Å²) in [6, 6.07) is 15.7. The molecule has 0 saturated carbocycles. The Kier molecular flexibility index (Phi) is 4.89. The number of carbonyl (C=O) groups excluding carboxylic acids is 1. The summed E-state index contributed by atoms with van der Waals surface area (Å²) >= 11 is 12.0. The molecule has 1 atom stereocenters. The van der Waals surface area contributed by atoms with Gasteiger partial charge in [-0.1, -0.05) is 54.4 Å². The van der Waals surface area contributed by atoms with Crippen molar-refractivity contribution in [2.45, 2.75) is 26.2 Å². The Morgan fingerprint density at radius 2 is 1.48 bits per heavy atom. The van der Waals surface area contributed by atoms with Crippen LogP contribution in [0.1, 0.15) is 37.3 Å². The van der Waals surface area contributed by atoms with Gasteiger partial charge in [0.05, 0.1) is 0 Å². The number of carbonyl (C=O) groups is 1. The molecule has 1 unspecified atom stereocenters. The molecular formula is C20H18Cl2O. The standard InChI is InChI=1S/C20H18Cl2O/c1-2-19(23)18-12-11-17(13-3-7-15(21)8-4-13)20(18)14-5-9-16(22)10-6-14/h3-10,18H,2,11-12H2,1H3.